The topological polar surface area (TPSA) is 9.23 Å². The van der Waals surface area contributed by atoms with Gasteiger partial charge in [0.05, 0.1) is 6.61 Å². The molecular weight excluding hydrogens is 358 g/mol. The zero-order chi connectivity index (χ0) is 19.1. The monoisotopic (exact) mass is 370 g/mol. The van der Waals surface area contributed by atoms with Crippen molar-refractivity contribution < 1.29 is 31.1 Å². The lowest BCUT2D eigenvalue weighted by atomic mass is 9.98. The molecule has 1 nitrogen and oxygen atoms in total. The van der Waals surface area contributed by atoms with Gasteiger partial charge in [0.25, 0.3) is 0 Å². The van der Waals surface area contributed by atoms with E-state index in [1.54, 1.807) is 6.92 Å². The number of ether oxygens (including phenoxy) is 1. The Morgan fingerprint density at radius 2 is 1.62 bits per heavy atom. The second kappa shape index (κ2) is 6.55. The van der Waals surface area contributed by atoms with E-state index in [1.807, 2.05) is 0 Å². The lowest BCUT2D eigenvalue weighted by molar-refractivity contribution is -0.142. The van der Waals surface area contributed by atoms with Crippen molar-refractivity contribution in [1.82, 2.24) is 0 Å². The van der Waals surface area contributed by atoms with Crippen molar-refractivity contribution in [3.63, 3.8) is 0 Å². The fraction of sp³-hybridized carbons (Fsp3) is 0.158. The molecule has 0 aliphatic rings. The van der Waals surface area contributed by atoms with E-state index in [4.69, 9.17) is 4.74 Å². The quantitative estimate of drug-likeness (QED) is 0.489. The summed E-state index contributed by atoms with van der Waals surface area (Å²) >= 11 is 0. The maximum absolute atomic E-state index is 14.3. The summed E-state index contributed by atoms with van der Waals surface area (Å²) in [5.41, 5.74) is -1.53. The lowest BCUT2D eigenvalue weighted by Crippen LogP contribution is -2.11. The van der Waals surface area contributed by atoms with Crippen LogP contribution in [0.1, 0.15) is 12.5 Å². The highest BCUT2D eigenvalue weighted by Crippen LogP contribution is 2.38. The second-order valence-corrected chi connectivity index (χ2v) is 5.56. The molecule has 0 saturated carbocycles. The molecule has 0 aliphatic carbocycles. The van der Waals surface area contributed by atoms with Crippen molar-refractivity contribution in [3.8, 4) is 16.9 Å². The summed E-state index contributed by atoms with van der Waals surface area (Å²) in [5, 5.41) is -0.493. The Bertz CT molecular complexity index is 978. The normalized spacial score (nSPS) is 11.8. The van der Waals surface area contributed by atoms with Gasteiger partial charge in [0.1, 0.15) is 28.8 Å². The van der Waals surface area contributed by atoms with Crippen molar-refractivity contribution in [3.05, 3.63) is 65.5 Å². The minimum Gasteiger partial charge on any atom is -0.494 e. The molecule has 0 atom stereocenters. The van der Waals surface area contributed by atoms with Crippen molar-refractivity contribution >= 4 is 10.8 Å². The SMILES string of the molecule is CCOc1ccc(-c2ccc3c(F)c(C(F)(F)F)c(F)cc3c2)c(F)c1. The molecule has 136 valence electrons. The van der Waals surface area contributed by atoms with Gasteiger partial charge >= 0.3 is 6.18 Å². The molecule has 0 amide bonds. The first kappa shape index (κ1) is 18.1. The molecule has 0 bridgehead atoms. The molecule has 0 radical (unpaired) electrons. The molecule has 0 heterocycles. The van der Waals surface area contributed by atoms with Gasteiger partial charge in [0.15, 0.2) is 0 Å². The third-order valence-electron chi connectivity index (χ3n) is 3.87. The molecule has 0 N–H and O–H groups in total. The predicted molar refractivity (Wildman–Crippen MR) is 85.4 cm³/mol. The molecule has 0 fully saturated rings. The Labute approximate surface area is 144 Å². The number of fused-ring (bicyclic) bond motifs is 1. The average molecular weight is 370 g/mol. The fourth-order valence-electron chi connectivity index (χ4n) is 2.74. The average Bonchev–Trinajstić information content (AvgIpc) is 2.53. The summed E-state index contributed by atoms with van der Waals surface area (Å²) in [6.07, 6.45) is -5.15. The molecule has 3 aromatic carbocycles. The van der Waals surface area contributed by atoms with Gasteiger partial charge in [0, 0.05) is 17.0 Å². The van der Waals surface area contributed by atoms with Crippen LogP contribution in [0.15, 0.2) is 42.5 Å². The third-order valence-corrected chi connectivity index (χ3v) is 3.87. The van der Waals surface area contributed by atoms with Crippen LogP contribution < -0.4 is 4.74 Å². The van der Waals surface area contributed by atoms with Crippen molar-refractivity contribution in [2.24, 2.45) is 0 Å². The van der Waals surface area contributed by atoms with Gasteiger partial charge in [-0.05, 0) is 42.1 Å². The minimum absolute atomic E-state index is 0.0983. The van der Waals surface area contributed by atoms with E-state index in [1.165, 1.54) is 24.3 Å². The van der Waals surface area contributed by atoms with E-state index in [9.17, 15) is 26.3 Å². The molecule has 0 unspecified atom stereocenters. The Hall–Kier alpha value is -2.70. The third kappa shape index (κ3) is 3.21. The largest absolute Gasteiger partial charge is 0.494 e. The van der Waals surface area contributed by atoms with Crippen LogP contribution in [0.25, 0.3) is 21.9 Å². The zero-order valence-corrected chi connectivity index (χ0v) is 13.4. The molecule has 0 spiro atoms. The van der Waals surface area contributed by atoms with Gasteiger partial charge in [-0.3, -0.25) is 0 Å². The summed E-state index contributed by atoms with van der Waals surface area (Å²) in [5.74, 6) is -3.71. The Balaban J connectivity index is 2.14. The lowest BCUT2D eigenvalue weighted by Gasteiger charge is -2.13. The minimum atomic E-state index is -5.15. The van der Waals surface area contributed by atoms with E-state index in [-0.39, 0.29) is 16.5 Å². The number of hydrogen-bond donors (Lipinski definition) is 0. The molecule has 0 saturated heterocycles. The summed E-state index contributed by atoms with van der Waals surface area (Å²) in [4.78, 5) is 0. The Morgan fingerprint density at radius 3 is 2.23 bits per heavy atom. The first-order valence-electron chi connectivity index (χ1n) is 7.64. The van der Waals surface area contributed by atoms with Gasteiger partial charge in [-0.2, -0.15) is 13.2 Å². The number of rotatable bonds is 3. The standard InChI is InChI=1S/C19H12F6O/c1-2-26-12-4-6-13(15(20)9-12)10-3-5-14-11(7-10)8-16(21)17(18(14)22)19(23,24)25/h3-9H,2H2,1H3. The number of hydrogen-bond acceptors (Lipinski definition) is 1. The van der Waals surface area contributed by atoms with Crippen molar-refractivity contribution in [1.29, 1.82) is 0 Å². The van der Waals surface area contributed by atoms with Gasteiger partial charge in [-0.1, -0.05) is 12.1 Å². The van der Waals surface area contributed by atoms with Gasteiger partial charge in [0.2, 0.25) is 0 Å². The van der Waals surface area contributed by atoms with E-state index >= 15 is 0 Å². The molecular formula is C19H12F6O. The van der Waals surface area contributed by atoms with E-state index < -0.39 is 34.6 Å². The van der Waals surface area contributed by atoms with E-state index in [2.05, 4.69) is 0 Å². The second-order valence-electron chi connectivity index (χ2n) is 5.56. The molecule has 3 aromatic rings. The first-order chi connectivity index (χ1) is 12.2. The van der Waals surface area contributed by atoms with Crippen molar-refractivity contribution in [2.45, 2.75) is 13.1 Å². The van der Waals surface area contributed by atoms with Crippen LogP contribution in [0.4, 0.5) is 26.3 Å². The Kier molecular flexibility index (Phi) is 4.56. The summed E-state index contributed by atoms with van der Waals surface area (Å²) in [6.45, 7) is 2.10. The smallest absolute Gasteiger partial charge is 0.422 e. The van der Waals surface area contributed by atoms with E-state index in [0.717, 1.165) is 12.1 Å². The van der Waals surface area contributed by atoms with Crippen LogP contribution >= 0.6 is 0 Å². The van der Waals surface area contributed by atoms with Crippen molar-refractivity contribution in [2.75, 3.05) is 6.61 Å². The maximum atomic E-state index is 14.3. The zero-order valence-electron chi connectivity index (χ0n) is 13.4. The van der Waals surface area contributed by atoms with Gasteiger partial charge in [-0.25, -0.2) is 13.2 Å². The molecule has 0 aromatic heterocycles. The molecule has 7 heteroatoms. The highest BCUT2D eigenvalue weighted by molar-refractivity contribution is 5.88. The summed E-state index contributed by atoms with van der Waals surface area (Å²) in [6, 6.07) is 8.31. The fourth-order valence-corrected chi connectivity index (χ4v) is 2.74. The number of benzene rings is 3. The van der Waals surface area contributed by atoms with Crippen LogP contribution in [-0.4, -0.2) is 6.61 Å². The predicted octanol–water partition coefficient (Wildman–Crippen LogP) is 6.34. The highest BCUT2D eigenvalue weighted by Gasteiger charge is 2.38. The van der Waals surface area contributed by atoms with Gasteiger partial charge < -0.3 is 4.74 Å². The summed E-state index contributed by atoms with van der Waals surface area (Å²) in [7, 11) is 0. The molecule has 26 heavy (non-hydrogen) atoms. The Morgan fingerprint density at radius 1 is 0.885 bits per heavy atom. The first-order valence-corrected chi connectivity index (χ1v) is 7.64. The van der Waals surface area contributed by atoms with Crippen LogP contribution in [-0.2, 0) is 6.18 Å². The number of alkyl halides is 3. The molecule has 3 rings (SSSR count). The highest BCUT2D eigenvalue weighted by atomic mass is 19.4. The van der Waals surface area contributed by atoms with Crippen LogP contribution in [0.2, 0.25) is 0 Å². The van der Waals surface area contributed by atoms with E-state index in [0.29, 0.717) is 18.4 Å². The van der Waals surface area contributed by atoms with Crippen LogP contribution in [0.3, 0.4) is 0 Å². The molecule has 0 aliphatic heterocycles. The summed E-state index contributed by atoms with van der Waals surface area (Å²) < 4.78 is 85.7. The maximum Gasteiger partial charge on any atom is 0.422 e. The van der Waals surface area contributed by atoms with Crippen LogP contribution in [0.5, 0.6) is 5.75 Å². The number of halogens is 6. The van der Waals surface area contributed by atoms with Gasteiger partial charge in [-0.15, -0.1) is 0 Å². The van der Waals surface area contributed by atoms with Crippen LogP contribution in [0, 0.1) is 17.5 Å².